The molecule has 1 amide bonds. The van der Waals surface area contributed by atoms with Gasteiger partial charge < -0.3 is 49.1 Å². The number of carbonyl (C=O) groups excluding carboxylic acids is 6. The highest BCUT2D eigenvalue weighted by Crippen LogP contribution is 2.33. The van der Waals surface area contributed by atoms with Crippen molar-refractivity contribution in [2.24, 2.45) is 23.5 Å². The van der Waals surface area contributed by atoms with Crippen molar-refractivity contribution >= 4 is 41.5 Å². The maximum atomic E-state index is 13.2. The Labute approximate surface area is 420 Å². The highest BCUT2D eigenvalue weighted by Gasteiger charge is 2.56. The molecule has 0 aromatic carbocycles. The smallest absolute Gasteiger partial charge is 0.339 e. The van der Waals surface area contributed by atoms with Gasteiger partial charge in [-0.2, -0.15) is 0 Å². The first-order valence-electron chi connectivity index (χ1n) is 24.1. The summed E-state index contributed by atoms with van der Waals surface area (Å²) in [6.45, 7) is 13.9. The molecule has 1 aliphatic carbocycles. The SMILES string of the molecule is COC(=O)C1OC(OC(/C(C)=C/C(C)CCC/C=C/C(C)C/C=C/CCCN(C)C(=N)N)C(C)/C=C/C=C/C=C/C=C/C=C(\C)C(=O)NC2=C(OC)CCC2=O)C(OC(C)=O)C(OC(C)=O)C1OC(C)=O. The van der Waals surface area contributed by atoms with Gasteiger partial charge in [0, 0.05) is 58.7 Å². The summed E-state index contributed by atoms with van der Waals surface area (Å²) < 4.78 is 39.7. The summed E-state index contributed by atoms with van der Waals surface area (Å²) in [5.41, 5.74) is 6.93. The number of ketones is 1. The number of esters is 4. The van der Waals surface area contributed by atoms with Crippen LogP contribution in [-0.4, -0.2) is 111 Å². The predicted molar refractivity (Wildman–Crippen MR) is 271 cm³/mol. The van der Waals surface area contributed by atoms with Crippen LogP contribution in [0.15, 0.2) is 108 Å². The van der Waals surface area contributed by atoms with E-state index in [1.54, 1.807) is 42.2 Å². The summed E-state index contributed by atoms with van der Waals surface area (Å²) in [4.78, 5) is 76.9. The third kappa shape index (κ3) is 22.5. The van der Waals surface area contributed by atoms with Gasteiger partial charge in [0.25, 0.3) is 5.91 Å². The second-order valence-electron chi connectivity index (χ2n) is 17.7. The van der Waals surface area contributed by atoms with Crippen LogP contribution in [0.1, 0.15) is 107 Å². The Balaban J connectivity index is 2.31. The largest absolute Gasteiger partial charge is 0.499 e. The Morgan fingerprint density at radius 3 is 2.01 bits per heavy atom. The van der Waals surface area contributed by atoms with Crippen molar-refractivity contribution in [2.45, 2.75) is 144 Å². The van der Waals surface area contributed by atoms with Gasteiger partial charge in [0.05, 0.1) is 20.3 Å². The first kappa shape index (κ1) is 60.8. The van der Waals surface area contributed by atoms with E-state index < -0.39 is 66.6 Å². The molecule has 1 fully saturated rings. The summed E-state index contributed by atoms with van der Waals surface area (Å²) in [5, 5.41) is 10.1. The minimum Gasteiger partial charge on any atom is -0.499 e. The number of nitrogens with zero attached hydrogens (tertiary/aromatic N) is 1. The van der Waals surface area contributed by atoms with Gasteiger partial charge in [-0.25, -0.2) is 4.79 Å². The number of unbranched alkanes of at least 4 members (excludes halogenated alkanes) is 2. The summed E-state index contributed by atoms with van der Waals surface area (Å²) in [7, 11) is 4.41. The van der Waals surface area contributed by atoms with Crippen LogP contribution in [0, 0.1) is 23.2 Å². The van der Waals surface area contributed by atoms with Crippen molar-refractivity contribution in [1.29, 1.82) is 5.41 Å². The molecule has 0 saturated carbocycles. The molecule has 0 aromatic heterocycles. The van der Waals surface area contributed by atoms with Crippen molar-refractivity contribution in [1.82, 2.24) is 10.2 Å². The van der Waals surface area contributed by atoms with Crippen LogP contribution in [-0.2, 0) is 61.9 Å². The van der Waals surface area contributed by atoms with Crippen LogP contribution in [0.25, 0.3) is 0 Å². The second kappa shape index (κ2) is 32.5. The van der Waals surface area contributed by atoms with E-state index in [4.69, 9.17) is 44.3 Å². The number of nitrogens with one attached hydrogen (secondary N) is 2. The van der Waals surface area contributed by atoms with E-state index in [2.05, 4.69) is 49.5 Å². The molecule has 0 spiro atoms. The van der Waals surface area contributed by atoms with Gasteiger partial charge in [-0.1, -0.05) is 106 Å². The van der Waals surface area contributed by atoms with Gasteiger partial charge in [0.15, 0.2) is 36.2 Å². The molecule has 1 heterocycles. The summed E-state index contributed by atoms with van der Waals surface area (Å²) in [6.07, 6.45) is 25.0. The topological polar surface area (TPSA) is 232 Å². The lowest BCUT2D eigenvalue weighted by atomic mass is 9.92. The first-order chi connectivity index (χ1) is 33.7. The minimum atomic E-state index is -1.61. The Bertz CT molecular complexity index is 2100. The summed E-state index contributed by atoms with van der Waals surface area (Å²) >= 11 is 0. The van der Waals surface area contributed by atoms with Crippen molar-refractivity contribution in [2.75, 3.05) is 27.8 Å². The Kier molecular flexibility index (Phi) is 27.9. The molecule has 17 heteroatoms. The molecular weight excluding hydrogens is 913 g/mol. The van der Waals surface area contributed by atoms with Crippen molar-refractivity contribution in [3.8, 4) is 0 Å². The van der Waals surface area contributed by atoms with E-state index in [1.165, 1.54) is 7.11 Å². The third-order valence-electron chi connectivity index (χ3n) is 11.4. The molecule has 0 aromatic rings. The van der Waals surface area contributed by atoms with Gasteiger partial charge in [-0.15, -0.1) is 0 Å². The quantitative estimate of drug-likeness (QED) is 0.00996. The molecule has 71 heavy (non-hydrogen) atoms. The van der Waals surface area contributed by atoms with Crippen molar-refractivity contribution < 1.29 is 61.9 Å². The lowest BCUT2D eigenvalue weighted by Gasteiger charge is -2.44. The number of amides is 1. The average Bonchev–Trinajstić information content (AvgIpc) is 3.66. The number of methoxy groups -OCH3 is 2. The zero-order valence-corrected chi connectivity index (χ0v) is 43.5. The summed E-state index contributed by atoms with van der Waals surface area (Å²) in [6, 6.07) is 0. The van der Waals surface area contributed by atoms with E-state index in [0.717, 1.165) is 78.5 Å². The zero-order valence-electron chi connectivity index (χ0n) is 43.5. The number of Topliss-reactive ketones (excluding diaryl/α,β-unsaturated/α-hetero) is 1. The molecule has 1 aliphatic heterocycles. The number of ether oxygens (including phenoxy) is 7. The van der Waals surface area contributed by atoms with Crippen LogP contribution in [0.3, 0.4) is 0 Å². The monoisotopic (exact) mass is 991 g/mol. The predicted octanol–water partition coefficient (Wildman–Crippen LogP) is 7.71. The second-order valence-corrected chi connectivity index (χ2v) is 17.7. The van der Waals surface area contributed by atoms with Crippen LogP contribution >= 0.6 is 0 Å². The molecule has 4 N–H and O–H groups in total. The van der Waals surface area contributed by atoms with Crippen LogP contribution in [0.2, 0.25) is 0 Å². The van der Waals surface area contributed by atoms with Crippen molar-refractivity contribution in [3.63, 3.8) is 0 Å². The number of carbonyl (C=O) groups is 6. The average molecular weight is 991 g/mol. The molecule has 9 atom stereocenters. The zero-order chi connectivity index (χ0) is 53.0. The molecule has 0 radical (unpaired) electrons. The fourth-order valence-corrected chi connectivity index (χ4v) is 7.69. The van der Waals surface area contributed by atoms with Gasteiger partial charge in [-0.05, 0) is 69.8 Å². The van der Waals surface area contributed by atoms with Crippen molar-refractivity contribution in [3.05, 3.63) is 108 Å². The van der Waals surface area contributed by atoms with E-state index in [1.807, 2.05) is 45.2 Å². The molecule has 9 unspecified atom stereocenters. The molecular formula is C54H78N4O13. The van der Waals surface area contributed by atoms with Crippen LogP contribution in [0.5, 0.6) is 0 Å². The number of guanidine groups is 1. The molecule has 0 bridgehead atoms. The van der Waals surface area contributed by atoms with E-state index in [0.29, 0.717) is 30.1 Å². The van der Waals surface area contributed by atoms with E-state index >= 15 is 0 Å². The molecule has 392 valence electrons. The maximum Gasteiger partial charge on any atom is 0.339 e. The lowest BCUT2D eigenvalue weighted by Crippen LogP contribution is -2.64. The molecule has 2 rings (SSSR count). The number of nitrogens with two attached hydrogens (primary N) is 1. The van der Waals surface area contributed by atoms with Gasteiger partial charge >= 0.3 is 23.9 Å². The number of hydrogen-bond acceptors (Lipinski definition) is 14. The molecule has 1 saturated heterocycles. The minimum absolute atomic E-state index is 0.0737. The Morgan fingerprint density at radius 2 is 1.39 bits per heavy atom. The lowest BCUT2D eigenvalue weighted by molar-refractivity contribution is -0.309. The molecule has 17 nitrogen and oxygen atoms in total. The number of hydrogen-bond donors (Lipinski definition) is 3. The van der Waals surface area contributed by atoms with Gasteiger partial charge in [0.1, 0.15) is 11.5 Å². The van der Waals surface area contributed by atoms with Gasteiger partial charge in [0.2, 0.25) is 6.29 Å². The fraction of sp³-hybridized carbons (Fsp3) is 0.537. The normalized spacial score (nSPS) is 21.8. The van der Waals surface area contributed by atoms with E-state index in [9.17, 15) is 28.8 Å². The number of rotatable bonds is 28. The molecule has 2 aliphatic rings. The van der Waals surface area contributed by atoms with Crippen LogP contribution in [0.4, 0.5) is 0 Å². The highest BCUT2D eigenvalue weighted by atomic mass is 16.7. The highest BCUT2D eigenvalue weighted by molar-refractivity contribution is 6.04. The first-order valence-corrected chi connectivity index (χ1v) is 24.1. The van der Waals surface area contributed by atoms with Gasteiger partial charge in [-0.3, -0.25) is 29.4 Å². The maximum absolute atomic E-state index is 13.2. The standard InChI is InChI=1S/C54H78N4O13/c1-35(26-20-17-18-25-33-58(9)54(55)56)27-21-19-22-28-36(2)34-39(5)46(70-53-50(69-42(8)61)48(68-41(7)60)47(67-40(6)59)49(71-53)52(64)66-11)37(3)29-23-15-13-12-14-16-24-30-38(4)51(63)57-45-43(62)31-32-44(45)65-10/h12-17,20-21,23-24,27,29-30,34-37,46-50,53H,18-19,22,25-26,28,31-33H2,1-11H3,(H3,55,56)(H,57,63)/b14-12+,15-13+,20-17+,24-16+,27-21+,29-23+,38-30+,39-34+. The fourth-order valence-electron chi connectivity index (χ4n) is 7.69. The van der Waals surface area contributed by atoms with E-state index in [-0.39, 0.29) is 29.3 Å². The van der Waals surface area contributed by atoms with Crippen LogP contribution < -0.4 is 11.1 Å². The third-order valence-corrected chi connectivity index (χ3v) is 11.4. The Hall–Kier alpha value is -6.33. The number of allylic oxidation sites excluding steroid dienone is 15. The summed E-state index contributed by atoms with van der Waals surface area (Å²) in [5.74, 6) is -3.14. The Morgan fingerprint density at radius 1 is 0.789 bits per heavy atom.